The summed E-state index contributed by atoms with van der Waals surface area (Å²) in [4.78, 5) is 0. The Morgan fingerprint density at radius 1 is 1.25 bits per heavy atom. The van der Waals surface area contributed by atoms with Crippen LogP contribution >= 0.6 is 0 Å². The van der Waals surface area contributed by atoms with Gasteiger partial charge < -0.3 is 10.1 Å². The third-order valence-corrected chi connectivity index (χ3v) is 5.54. The molecule has 0 bridgehead atoms. The van der Waals surface area contributed by atoms with Crippen LogP contribution in [0, 0.1) is 0 Å². The van der Waals surface area contributed by atoms with E-state index in [0.717, 1.165) is 12.3 Å². The molecule has 1 N–H and O–H groups in total. The Bertz CT molecular complexity index is 443. The van der Waals surface area contributed by atoms with E-state index >= 15 is 0 Å². The highest BCUT2D eigenvalue weighted by Gasteiger charge is 2.39. The van der Waals surface area contributed by atoms with E-state index in [1.54, 1.807) is 5.56 Å². The molecule has 2 aliphatic rings. The molecule has 2 aliphatic carbocycles. The van der Waals surface area contributed by atoms with Crippen molar-refractivity contribution in [3.8, 4) is 0 Å². The molecule has 1 unspecified atom stereocenters. The van der Waals surface area contributed by atoms with Crippen LogP contribution in [-0.4, -0.2) is 19.8 Å². The van der Waals surface area contributed by atoms with Crippen molar-refractivity contribution in [1.29, 1.82) is 0 Å². The lowest BCUT2D eigenvalue weighted by molar-refractivity contribution is -0.0835. The molecule has 20 heavy (non-hydrogen) atoms. The third-order valence-electron chi connectivity index (χ3n) is 5.54. The van der Waals surface area contributed by atoms with E-state index in [1.807, 2.05) is 7.11 Å². The summed E-state index contributed by atoms with van der Waals surface area (Å²) in [6.45, 7) is 0. The van der Waals surface area contributed by atoms with Crippen LogP contribution in [0.15, 0.2) is 24.3 Å². The minimum Gasteiger partial charge on any atom is -0.378 e. The molecule has 2 heteroatoms. The van der Waals surface area contributed by atoms with Crippen molar-refractivity contribution < 1.29 is 4.74 Å². The second kappa shape index (κ2) is 5.87. The van der Waals surface area contributed by atoms with Gasteiger partial charge in [-0.15, -0.1) is 0 Å². The quantitative estimate of drug-likeness (QED) is 0.839. The molecular weight excluding hydrogens is 246 g/mol. The predicted octanol–water partition coefficient (Wildman–Crippen LogP) is 4.17. The van der Waals surface area contributed by atoms with Crippen LogP contribution < -0.4 is 5.32 Å². The van der Waals surface area contributed by atoms with Gasteiger partial charge in [0.05, 0.1) is 5.60 Å². The fourth-order valence-corrected chi connectivity index (χ4v) is 3.72. The summed E-state index contributed by atoms with van der Waals surface area (Å²) in [6.07, 6.45) is 8.97. The summed E-state index contributed by atoms with van der Waals surface area (Å²) in [5, 5.41) is 3.54. The highest BCUT2D eigenvalue weighted by Crippen LogP contribution is 2.44. The summed E-state index contributed by atoms with van der Waals surface area (Å²) >= 11 is 0. The monoisotopic (exact) mass is 273 g/mol. The highest BCUT2D eigenvalue weighted by molar-refractivity contribution is 5.34. The molecular formula is C18H27NO. The van der Waals surface area contributed by atoms with Crippen molar-refractivity contribution in [2.24, 2.45) is 0 Å². The minimum absolute atomic E-state index is 0.125. The van der Waals surface area contributed by atoms with Crippen LogP contribution in [0.1, 0.15) is 68.0 Å². The molecule has 0 aromatic heterocycles. The Labute approximate surface area is 122 Å². The van der Waals surface area contributed by atoms with E-state index in [2.05, 4.69) is 36.6 Å². The zero-order valence-corrected chi connectivity index (χ0v) is 12.8. The molecule has 2 saturated carbocycles. The average molecular weight is 273 g/mol. The first-order valence-electron chi connectivity index (χ1n) is 8.09. The van der Waals surface area contributed by atoms with Crippen molar-refractivity contribution in [3.63, 3.8) is 0 Å². The molecule has 2 fully saturated rings. The van der Waals surface area contributed by atoms with Gasteiger partial charge in [0, 0.05) is 13.2 Å². The zero-order valence-electron chi connectivity index (χ0n) is 12.8. The molecule has 0 radical (unpaired) electrons. The van der Waals surface area contributed by atoms with E-state index < -0.39 is 0 Å². The highest BCUT2D eigenvalue weighted by atomic mass is 16.5. The molecule has 1 aromatic rings. The molecule has 1 atom stereocenters. The minimum atomic E-state index is 0.125. The van der Waals surface area contributed by atoms with Gasteiger partial charge >= 0.3 is 0 Å². The van der Waals surface area contributed by atoms with Crippen LogP contribution in [0.4, 0.5) is 0 Å². The summed E-state index contributed by atoms with van der Waals surface area (Å²) in [5.41, 5.74) is 3.20. The average Bonchev–Trinajstić information content (AvgIpc) is 2.38. The molecule has 3 rings (SSSR count). The summed E-state index contributed by atoms with van der Waals surface area (Å²) in [5.74, 6) is 0.793. The van der Waals surface area contributed by atoms with E-state index in [-0.39, 0.29) is 5.60 Å². The van der Waals surface area contributed by atoms with Crippen LogP contribution in [0.25, 0.3) is 0 Å². The van der Waals surface area contributed by atoms with Gasteiger partial charge in [-0.25, -0.2) is 0 Å². The number of rotatable bonds is 6. The van der Waals surface area contributed by atoms with Crippen molar-refractivity contribution in [3.05, 3.63) is 35.4 Å². The fraction of sp³-hybridized carbons (Fsp3) is 0.667. The van der Waals surface area contributed by atoms with E-state index in [1.165, 1.54) is 44.1 Å². The molecule has 0 amide bonds. The van der Waals surface area contributed by atoms with Crippen molar-refractivity contribution in [2.45, 2.75) is 62.5 Å². The molecule has 110 valence electrons. The number of ether oxygens (including phenoxy) is 1. The molecule has 1 aromatic carbocycles. The first-order chi connectivity index (χ1) is 9.78. The van der Waals surface area contributed by atoms with Gasteiger partial charge in [-0.2, -0.15) is 0 Å². The number of hydrogen-bond donors (Lipinski definition) is 1. The van der Waals surface area contributed by atoms with E-state index in [9.17, 15) is 0 Å². The summed E-state index contributed by atoms with van der Waals surface area (Å²) < 4.78 is 5.83. The Morgan fingerprint density at radius 3 is 2.50 bits per heavy atom. The second-order valence-electron chi connectivity index (χ2n) is 6.54. The lowest BCUT2D eigenvalue weighted by Crippen LogP contribution is -2.42. The molecule has 0 heterocycles. The normalized spacial score (nSPS) is 22.9. The van der Waals surface area contributed by atoms with Gasteiger partial charge in [0.25, 0.3) is 0 Å². The molecule has 0 saturated heterocycles. The second-order valence-corrected chi connectivity index (χ2v) is 6.54. The first-order valence-corrected chi connectivity index (χ1v) is 8.09. The Kier molecular flexibility index (Phi) is 4.13. The number of nitrogens with one attached hydrogen (secondary N) is 1. The van der Waals surface area contributed by atoms with Gasteiger partial charge in [0.1, 0.15) is 0 Å². The predicted molar refractivity (Wildman–Crippen MR) is 83.0 cm³/mol. The van der Waals surface area contributed by atoms with Gasteiger partial charge in [-0.1, -0.05) is 30.7 Å². The molecule has 0 aliphatic heterocycles. The summed E-state index contributed by atoms with van der Waals surface area (Å²) in [6, 6.07) is 9.45. The Morgan fingerprint density at radius 2 is 2.00 bits per heavy atom. The Hall–Kier alpha value is -0.860. The molecule has 2 nitrogen and oxygen atoms in total. The van der Waals surface area contributed by atoms with Gasteiger partial charge in [0.2, 0.25) is 0 Å². The molecule has 0 spiro atoms. The van der Waals surface area contributed by atoms with Gasteiger partial charge in [0.15, 0.2) is 0 Å². The number of hydrogen-bond acceptors (Lipinski definition) is 2. The van der Waals surface area contributed by atoms with Crippen molar-refractivity contribution >= 4 is 0 Å². The van der Waals surface area contributed by atoms with E-state index in [0.29, 0.717) is 6.04 Å². The standard InChI is InChI=1S/C18H27NO/c1-19-17(13-18(20-2)11-6-12-18)16-10-4-3-9-15(16)14-7-5-8-14/h3-4,9-10,14,17,19H,5-8,11-13H2,1-2H3. The van der Waals surface area contributed by atoms with Crippen LogP contribution in [0.5, 0.6) is 0 Å². The topological polar surface area (TPSA) is 21.3 Å². The maximum atomic E-state index is 5.83. The Balaban J connectivity index is 1.81. The smallest absolute Gasteiger partial charge is 0.0697 e. The van der Waals surface area contributed by atoms with Crippen LogP contribution in [-0.2, 0) is 4.74 Å². The van der Waals surface area contributed by atoms with E-state index in [4.69, 9.17) is 4.74 Å². The lowest BCUT2D eigenvalue weighted by atomic mass is 9.72. The summed E-state index contributed by atoms with van der Waals surface area (Å²) in [7, 11) is 3.97. The third kappa shape index (κ3) is 2.51. The largest absolute Gasteiger partial charge is 0.378 e. The van der Waals surface area contributed by atoms with Crippen LogP contribution in [0.2, 0.25) is 0 Å². The maximum absolute atomic E-state index is 5.83. The van der Waals surface area contributed by atoms with Crippen molar-refractivity contribution in [2.75, 3.05) is 14.2 Å². The fourth-order valence-electron chi connectivity index (χ4n) is 3.72. The number of methoxy groups -OCH3 is 1. The SMILES string of the molecule is CNC(CC1(OC)CCC1)c1ccccc1C1CCC1. The van der Waals surface area contributed by atoms with Gasteiger partial charge in [-0.05, 0) is 62.6 Å². The first kappa shape index (κ1) is 14.1. The number of benzene rings is 1. The maximum Gasteiger partial charge on any atom is 0.0697 e. The van der Waals surface area contributed by atoms with Crippen molar-refractivity contribution in [1.82, 2.24) is 5.32 Å². The van der Waals surface area contributed by atoms with Gasteiger partial charge in [-0.3, -0.25) is 0 Å². The zero-order chi connectivity index (χ0) is 14.0. The lowest BCUT2D eigenvalue weighted by Gasteiger charge is -2.43. The van der Waals surface area contributed by atoms with Crippen LogP contribution in [0.3, 0.4) is 0 Å².